The molecule has 0 aromatic heterocycles. The molecular weight excluding hydrogens is 114 g/mol. The molecule has 0 fully saturated rings. The second-order valence-corrected chi connectivity index (χ2v) is 3.58. The largest absolute Gasteiger partial charge is 0.313 e. The SMILES string of the molecule is CC(C)(N)[SH](=O)=O. The van der Waals surface area contributed by atoms with Crippen molar-refractivity contribution in [3.8, 4) is 0 Å². The van der Waals surface area contributed by atoms with Crippen LogP contribution >= 0.6 is 0 Å². The van der Waals surface area contributed by atoms with E-state index in [2.05, 4.69) is 0 Å². The molecule has 0 aromatic rings. The Kier molecular flexibility index (Phi) is 1.77. The van der Waals surface area contributed by atoms with Gasteiger partial charge >= 0.3 is 0 Å². The van der Waals surface area contributed by atoms with Gasteiger partial charge in [-0.25, -0.2) is 8.42 Å². The molecule has 0 heterocycles. The molecule has 4 heteroatoms. The average molecular weight is 123 g/mol. The van der Waals surface area contributed by atoms with Crippen molar-refractivity contribution in [3.05, 3.63) is 0 Å². The smallest absolute Gasteiger partial charge is 0.158 e. The zero-order valence-corrected chi connectivity index (χ0v) is 5.24. The quantitative estimate of drug-likeness (QED) is 0.453. The predicted molar refractivity (Wildman–Crippen MR) is 28.6 cm³/mol. The van der Waals surface area contributed by atoms with Gasteiger partial charge in [-0.3, -0.25) is 0 Å². The number of hydrogen-bond acceptors (Lipinski definition) is 3. The molecule has 0 radical (unpaired) electrons. The Morgan fingerprint density at radius 3 is 1.57 bits per heavy atom. The van der Waals surface area contributed by atoms with Crippen LogP contribution in [0.2, 0.25) is 0 Å². The zero-order chi connectivity index (χ0) is 6.08. The fourth-order valence-electron chi connectivity index (χ4n) is 0. The third kappa shape index (κ3) is 2.59. The van der Waals surface area contributed by atoms with Gasteiger partial charge in [0, 0.05) is 0 Å². The van der Waals surface area contributed by atoms with E-state index in [9.17, 15) is 8.42 Å². The van der Waals surface area contributed by atoms with Crippen LogP contribution in [0.1, 0.15) is 13.8 Å². The molecule has 0 aliphatic carbocycles. The Morgan fingerprint density at radius 2 is 1.57 bits per heavy atom. The lowest BCUT2D eigenvalue weighted by Crippen LogP contribution is -2.33. The van der Waals surface area contributed by atoms with Crippen molar-refractivity contribution in [2.75, 3.05) is 0 Å². The van der Waals surface area contributed by atoms with Gasteiger partial charge in [-0.05, 0) is 13.8 Å². The summed E-state index contributed by atoms with van der Waals surface area (Å²) in [4.78, 5) is -1.05. The van der Waals surface area contributed by atoms with Crippen molar-refractivity contribution >= 4 is 10.7 Å². The van der Waals surface area contributed by atoms with E-state index in [1.165, 1.54) is 13.8 Å². The molecule has 0 amide bonds. The van der Waals surface area contributed by atoms with Crippen molar-refractivity contribution in [2.45, 2.75) is 18.7 Å². The molecule has 0 aliphatic rings. The highest BCUT2D eigenvalue weighted by Crippen LogP contribution is 1.93. The van der Waals surface area contributed by atoms with E-state index in [-0.39, 0.29) is 0 Å². The van der Waals surface area contributed by atoms with Crippen LogP contribution in [-0.2, 0) is 10.7 Å². The van der Waals surface area contributed by atoms with Gasteiger partial charge in [0.2, 0.25) is 0 Å². The van der Waals surface area contributed by atoms with Gasteiger partial charge in [0.05, 0.1) is 0 Å². The molecule has 0 aromatic carbocycles. The van der Waals surface area contributed by atoms with E-state index < -0.39 is 15.6 Å². The third-order valence-electron chi connectivity index (χ3n) is 0.471. The molecule has 0 saturated heterocycles. The van der Waals surface area contributed by atoms with Crippen molar-refractivity contribution in [1.82, 2.24) is 0 Å². The Balaban J connectivity index is 4.08. The first-order valence-corrected chi connectivity index (χ1v) is 3.05. The fraction of sp³-hybridized carbons (Fsp3) is 1.00. The van der Waals surface area contributed by atoms with E-state index in [1.54, 1.807) is 0 Å². The molecule has 0 aliphatic heterocycles. The molecule has 2 N–H and O–H groups in total. The summed E-state index contributed by atoms with van der Waals surface area (Å²) in [5.74, 6) is 0. The Bertz CT molecular complexity index is 113. The van der Waals surface area contributed by atoms with Gasteiger partial charge in [0.25, 0.3) is 0 Å². The molecule has 0 saturated carbocycles. The summed E-state index contributed by atoms with van der Waals surface area (Å²) in [6.07, 6.45) is 0. The number of rotatable bonds is 1. The third-order valence-corrected chi connectivity index (χ3v) is 1.41. The molecule has 7 heavy (non-hydrogen) atoms. The normalized spacial score (nSPS) is 12.6. The van der Waals surface area contributed by atoms with Gasteiger partial charge < -0.3 is 5.73 Å². The molecular formula is C3H9NO2S. The van der Waals surface area contributed by atoms with Gasteiger partial charge in [0.15, 0.2) is 10.7 Å². The summed E-state index contributed by atoms with van der Waals surface area (Å²) in [5, 5.41) is 0. The maximum absolute atomic E-state index is 9.93. The summed E-state index contributed by atoms with van der Waals surface area (Å²) in [6, 6.07) is 0. The van der Waals surface area contributed by atoms with Crippen LogP contribution in [0.5, 0.6) is 0 Å². The summed E-state index contributed by atoms with van der Waals surface area (Å²) in [5.41, 5.74) is 5.08. The number of nitrogens with two attached hydrogens (primary N) is 1. The highest BCUT2D eigenvalue weighted by atomic mass is 32.2. The van der Waals surface area contributed by atoms with Crippen LogP contribution in [0.25, 0.3) is 0 Å². The average Bonchev–Trinajstić information content (AvgIpc) is 1.31. The summed E-state index contributed by atoms with van der Waals surface area (Å²) in [6.45, 7) is 2.89. The fourth-order valence-corrected chi connectivity index (χ4v) is 0. The van der Waals surface area contributed by atoms with E-state index in [1.807, 2.05) is 0 Å². The van der Waals surface area contributed by atoms with Crippen molar-refractivity contribution < 1.29 is 8.42 Å². The van der Waals surface area contributed by atoms with E-state index in [4.69, 9.17) is 5.73 Å². The van der Waals surface area contributed by atoms with Gasteiger partial charge in [-0.15, -0.1) is 0 Å². The number of thiol groups is 1. The van der Waals surface area contributed by atoms with Crippen LogP contribution in [0.4, 0.5) is 0 Å². The van der Waals surface area contributed by atoms with E-state index in [0.29, 0.717) is 0 Å². The maximum Gasteiger partial charge on any atom is 0.158 e. The Morgan fingerprint density at radius 1 is 1.43 bits per heavy atom. The lowest BCUT2D eigenvalue weighted by molar-refractivity contribution is 0.574. The van der Waals surface area contributed by atoms with E-state index in [0.717, 1.165) is 0 Å². The molecule has 0 unspecified atom stereocenters. The van der Waals surface area contributed by atoms with Crippen LogP contribution in [0.3, 0.4) is 0 Å². The molecule has 0 spiro atoms. The molecule has 0 atom stereocenters. The second-order valence-electron chi connectivity index (χ2n) is 1.91. The minimum absolute atomic E-state index is 1.05. The monoisotopic (exact) mass is 123 g/mol. The number of hydrogen-bond donors (Lipinski definition) is 2. The first-order chi connectivity index (χ1) is 2.94. The Labute approximate surface area is 44.5 Å². The standard InChI is InChI=1S/C3H9NO2S/c1-3(2,4)7(5)6/h7H,4H2,1-2H3. The molecule has 0 rings (SSSR count). The van der Waals surface area contributed by atoms with Crippen LogP contribution in [0, 0.1) is 0 Å². The topological polar surface area (TPSA) is 60.2 Å². The summed E-state index contributed by atoms with van der Waals surface area (Å²) >= 11 is 0. The van der Waals surface area contributed by atoms with Crippen molar-refractivity contribution in [2.24, 2.45) is 5.73 Å². The van der Waals surface area contributed by atoms with Crippen molar-refractivity contribution in [3.63, 3.8) is 0 Å². The summed E-state index contributed by atoms with van der Waals surface area (Å²) in [7, 11) is -2.46. The molecule has 44 valence electrons. The summed E-state index contributed by atoms with van der Waals surface area (Å²) < 4.78 is 19.9. The molecule has 3 nitrogen and oxygen atoms in total. The first kappa shape index (κ1) is 6.91. The van der Waals surface area contributed by atoms with Gasteiger partial charge in [0.1, 0.15) is 4.87 Å². The second kappa shape index (κ2) is 1.79. The van der Waals surface area contributed by atoms with Gasteiger partial charge in [-0.2, -0.15) is 0 Å². The van der Waals surface area contributed by atoms with Crippen molar-refractivity contribution in [1.29, 1.82) is 0 Å². The van der Waals surface area contributed by atoms with Gasteiger partial charge in [-0.1, -0.05) is 0 Å². The lowest BCUT2D eigenvalue weighted by Gasteiger charge is -2.05. The van der Waals surface area contributed by atoms with E-state index >= 15 is 0 Å². The first-order valence-electron chi connectivity index (χ1n) is 1.88. The Hall–Kier alpha value is -0.0900. The zero-order valence-electron chi connectivity index (χ0n) is 4.34. The maximum atomic E-state index is 9.93. The minimum Gasteiger partial charge on any atom is -0.313 e. The minimum atomic E-state index is -2.46. The predicted octanol–water partition coefficient (Wildman–Crippen LogP) is -0.707. The van der Waals surface area contributed by atoms with Crippen LogP contribution in [-0.4, -0.2) is 13.3 Å². The van der Waals surface area contributed by atoms with Crippen LogP contribution < -0.4 is 5.73 Å². The lowest BCUT2D eigenvalue weighted by atomic mass is 10.4. The highest BCUT2D eigenvalue weighted by molar-refractivity contribution is 7.73. The molecule has 0 bridgehead atoms. The highest BCUT2D eigenvalue weighted by Gasteiger charge is 2.11. The van der Waals surface area contributed by atoms with Crippen LogP contribution in [0.15, 0.2) is 0 Å².